The Morgan fingerprint density at radius 2 is 2.05 bits per heavy atom. The van der Waals surface area contributed by atoms with Gasteiger partial charge in [-0.25, -0.2) is 15.0 Å². The van der Waals surface area contributed by atoms with Gasteiger partial charge in [0.2, 0.25) is 0 Å². The van der Waals surface area contributed by atoms with E-state index >= 15 is 0 Å². The number of nitrogens with one attached hydrogen (secondary N) is 1. The van der Waals surface area contributed by atoms with E-state index in [1.54, 1.807) is 11.3 Å². The molecule has 0 aliphatic rings. The monoisotopic (exact) mass is 368 g/mol. The van der Waals surface area contributed by atoms with Gasteiger partial charge in [-0.2, -0.15) is 0 Å². The highest BCUT2D eigenvalue weighted by Gasteiger charge is 2.14. The molecule has 0 unspecified atom stereocenters. The summed E-state index contributed by atoms with van der Waals surface area (Å²) in [6.07, 6.45) is 1.62. The molecular weight excluding hydrogens is 348 g/mol. The molecule has 0 saturated carbocycles. The Balaban J connectivity index is 2.33. The van der Waals surface area contributed by atoms with Crippen LogP contribution in [0.25, 0.3) is 0 Å². The maximum Gasteiger partial charge on any atom is 0.144 e. The Morgan fingerprint density at radius 1 is 1.29 bits per heavy atom. The number of halogens is 1. The molecular formula is C15H21BrN4S. The Labute approximate surface area is 138 Å². The third kappa shape index (κ3) is 4.48. The largest absolute Gasteiger partial charge is 0.369 e. The summed E-state index contributed by atoms with van der Waals surface area (Å²) in [6, 6.07) is 0. The molecule has 0 spiro atoms. The molecule has 0 aliphatic carbocycles. The topological polar surface area (TPSA) is 50.7 Å². The summed E-state index contributed by atoms with van der Waals surface area (Å²) in [7, 11) is 0. The summed E-state index contributed by atoms with van der Waals surface area (Å²) in [5.41, 5.74) is 2.11. The maximum absolute atomic E-state index is 4.73. The fourth-order valence-corrected chi connectivity index (χ4v) is 3.17. The fraction of sp³-hybridized carbons (Fsp3) is 0.533. The second kappa shape index (κ2) is 7.31. The smallest absolute Gasteiger partial charge is 0.144 e. The van der Waals surface area contributed by atoms with Gasteiger partial charge < -0.3 is 5.32 Å². The molecule has 0 atom stereocenters. The lowest BCUT2D eigenvalue weighted by atomic mass is 10.1. The molecule has 6 heteroatoms. The summed E-state index contributed by atoms with van der Waals surface area (Å²) in [6.45, 7) is 9.33. The van der Waals surface area contributed by atoms with Gasteiger partial charge in [-0.15, -0.1) is 11.3 Å². The zero-order chi connectivity index (χ0) is 15.4. The number of anilines is 1. The van der Waals surface area contributed by atoms with E-state index in [0.29, 0.717) is 12.3 Å². The van der Waals surface area contributed by atoms with Gasteiger partial charge in [0.1, 0.15) is 11.6 Å². The van der Waals surface area contributed by atoms with Crippen molar-refractivity contribution in [3.05, 3.63) is 32.1 Å². The molecule has 21 heavy (non-hydrogen) atoms. The molecule has 0 saturated heterocycles. The third-order valence-corrected chi connectivity index (χ3v) is 4.57. The zero-order valence-electron chi connectivity index (χ0n) is 12.9. The first-order valence-electron chi connectivity index (χ1n) is 7.19. The molecule has 0 fully saturated rings. The lowest BCUT2D eigenvalue weighted by molar-refractivity contribution is 0.628. The van der Waals surface area contributed by atoms with Crippen LogP contribution in [-0.2, 0) is 12.8 Å². The predicted molar refractivity (Wildman–Crippen MR) is 92.1 cm³/mol. The summed E-state index contributed by atoms with van der Waals surface area (Å²) < 4.78 is 0.983. The number of aromatic nitrogens is 3. The van der Waals surface area contributed by atoms with Crippen LogP contribution < -0.4 is 5.32 Å². The minimum absolute atomic E-state index is 0.556. The van der Waals surface area contributed by atoms with Gasteiger partial charge in [0.05, 0.1) is 27.3 Å². The molecule has 0 amide bonds. The van der Waals surface area contributed by atoms with E-state index in [2.05, 4.69) is 57.4 Å². The number of rotatable bonds is 6. The van der Waals surface area contributed by atoms with Gasteiger partial charge in [-0.05, 0) is 42.1 Å². The number of hydrogen-bond donors (Lipinski definition) is 1. The molecule has 114 valence electrons. The Bertz CT molecular complexity index is 610. The molecule has 2 rings (SSSR count). The molecule has 2 aromatic heterocycles. The molecule has 0 radical (unpaired) electrons. The van der Waals surface area contributed by atoms with Crippen molar-refractivity contribution in [1.29, 1.82) is 0 Å². The number of hydrogen-bond acceptors (Lipinski definition) is 5. The van der Waals surface area contributed by atoms with Gasteiger partial charge in [0.15, 0.2) is 0 Å². The van der Waals surface area contributed by atoms with Gasteiger partial charge in [-0.1, -0.05) is 13.8 Å². The predicted octanol–water partition coefficient (Wildman–Crippen LogP) is 4.23. The van der Waals surface area contributed by atoms with E-state index in [1.807, 2.05) is 6.92 Å². The van der Waals surface area contributed by atoms with E-state index in [1.165, 1.54) is 0 Å². The first-order chi connectivity index (χ1) is 9.99. The molecule has 2 heterocycles. The van der Waals surface area contributed by atoms with Gasteiger partial charge in [0.25, 0.3) is 0 Å². The SMILES string of the molecule is CCNc1nc(Cc2csc(C)n2)nc(CC(C)C)c1Br. The average molecular weight is 369 g/mol. The number of aryl methyl sites for hydroxylation is 1. The highest BCUT2D eigenvalue weighted by atomic mass is 79.9. The lowest BCUT2D eigenvalue weighted by Gasteiger charge is -2.13. The summed E-state index contributed by atoms with van der Waals surface area (Å²) in [5, 5.41) is 6.46. The third-order valence-electron chi connectivity index (χ3n) is 2.92. The minimum Gasteiger partial charge on any atom is -0.369 e. The Morgan fingerprint density at radius 3 is 2.62 bits per heavy atom. The second-order valence-corrected chi connectivity index (χ2v) is 7.27. The van der Waals surface area contributed by atoms with Crippen LogP contribution in [0, 0.1) is 12.8 Å². The standard InChI is InChI=1S/C15H21BrN4S/c1-5-17-15-14(16)12(6-9(2)3)19-13(20-15)7-11-8-21-10(4)18-11/h8-9H,5-7H2,1-4H3,(H,17,19,20). The van der Waals surface area contributed by atoms with Crippen molar-refractivity contribution in [3.63, 3.8) is 0 Å². The van der Waals surface area contributed by atoms with Crippen molar-refractivity contribution >= 4 is 33.1 Å². The van der Waals surface area contributed by atoms with E-state index in [4.69, 9.17) is 4.98 Å². The van der Waals surface area contributed by atoms with Crippen LogP contribution in [0.1, 0.15) is 43.0 Å². The summed E-state index contributed by atoms with van der Waals surface area (Å²) >= 11 is 5.30. The van der Waals surface area contributed by atoms with Gasteiger partial charge >= 0.3 is 0 Å². The van der Waals surface area contributed by atoms with Crippen LogP contribution >= 0.6 is 27.3 Å². The highest BCUT2D eigenvalue weighted by Crippen LogP contribution is 2.26. The van der Waals surface area contributed by atoms with E-state index in [9.17, 15) is 0 Å². The molecule has 4 nitrogen and oxygen atoms in total. The molecule has 2 aromatic rings. The molecule has 0 aliphatic heterocycles. The van der Waals surface area contributed by atoms with E-state index < -0.39 is 0 Å². The highest BCUT2D eigenvalue weighted by molar-refractivity contribution is 9.10. The quantitative estimate of drug-likeness (QED) is 0.828. The molecule has 0 aromatic carbocycles. The van der Waals surface area contributed by atoms with Crippen molar-refractivity contribution in [2.24, 2.45) is 5.92 Å². The van der Waals surface area contributed by atoms with Crippen LogP contribution in [0.5, 0.6) is 0 Å². The fourth-order valence-electron chi connectivity index (χ4n) is 2.08. The van der Waals surface area contributed by atoms with Crippen LogP contribution in [0.2, 0.25) is 0 Å². The van der Waals surface area contributed by atoms with Gasteiger partial charge in [0, 0.05) is 11.9 Å². The molecule has 1 N–H and O–H groups in total. The zero-order valence-corrected chi connectivity index (χ0v) is 15.3. The lowest BCUT2D eigenvalue weighted by Crippen LogP contribution is -2.10. The van der Waals surface area contributed by atoms with Crippen molar-refractivity contribution in [3.8, 4) is 0 Å². The number of nitrogens with zero attached hydrogens (tertiary/aromatic N) is 3. The van der Waals surface area contributed by atoms with E-state index in [0.717, 1.165) is 45.5 Å². The van der Waals surface area contributed by atoms with Crippen LogP contribution in [0.4, 0.5) is 5.82 Å². The van der Waals surface area contributed by atoms with Crippen molar-refractivity contribution < 1.29 is 0 Å². The van der Waals surface area contributed by atoms with E-state index in [-0.39, 0.29) is 0 Å². The summed E-state index contributed by atoms with van der Waals surface area (Å²) in [4.78, 5) is 13.9. The van der Waals surface area contributed by atoms with Crippen molar-refractivity contribution in [1.82, 2.24) is 15.0 Å². The maximum atomic E-state index is 4.73. The normalized spacial score (nSPS) is 11.1. The number of thiazole rings is 1. The average Bonchev–Trinajstić information content (AvgIpc) is 2.80. The Kier molecular flexibility index (Phi) is 5.70. The van der Waals surface area contributed by atoms with Crippen LogP contribution in [0.3, 0.4) is 0 Å². The van der Waals surface area contributed by atoms with Crippen molar-refractivity contribution in [2.45, 2.75) is 40.5 Å². The first-order valence-corrected chi connectivity index (χ1v) is 8.87. The first kappa shape index (κ1) is 16.4. The molecule has 0 bridgehead atoms. The summed E-state index contributed by atoms with van der Waals surface area (Å²) in [5.74, 6) is 2.26. The van der Waals surface area contributed by atoms with Crippen LogP contribution in [-0.4, -0.2) is 21.5 Å². The van der Waals surface area contributed by atoms with Crippen molar-refractivity contribution in [2.75, 3.05) is 11.9 Å². The second-order valence-electron chi connectivity index (χ2n) is 5.41. The van der Waals surface area contributed by atoms with Crippen LogP contribution in [0.15, 0.2) is 9.85 Å². The Hall–Kier alpha value is -1.01. The van der Waals surface area contributed by atoms with Gasteiger partial charge in [-0.3, -0.25) is 0 Å². The minimum atomic E-state index is 0.556.